The van der Waals surface area contributed by atoms with Crippen LogP contribution in [0.25, 0.3) is 0 Å². The van der Waals surface area contributed by atoms with Crippen LogP contribution in [0.3, 0.4) is 0 Å². The average Bonchev–Trinajstić information content (AvgIpc) is 2.81. The van der Waals surface area contributed by atoms with Crippen LogP contribution in [0.1, 0.15) is 36.7 Å². The maximum absolute atomic E-state index is 6.50. The summed E-state index contributed by atoms with van der Waals surface area (Å²) in [5, 5.41) is 7.05. The predicted molar refractivity (Wildman–Crippen MR) is 94.0 cm³/mol. The molecule has 1 aromatic heterocycles. The molecule has 0 fully saturated rings. The molecule has 0 bridgehead atoms. The minimum Gasteiger partial charge on any atom is -0.268 e. The van der Waals surface area contributed by atoms with Gasteiger partial charge >= 0.3 is 0 Å². The number of benzene rings is 1. The topological polar surface area (TPSA) is 17.8 Å². The van der Waals surface area contributed by atoms with Gasteiger partial charge in [-0.15, -0.1) is 0 Å². The van der Waals surface area contributed by atoms with E-state index in [-0.39, 0.29) is 0 Å². The molecule has 0 radical (unpaired) electrons. The van der Waals surface area contributed by atoms with Crippen molar-refractivity contribution in [1.29, 1.82) is 0 Å². The molecular formula is C16H19BrCl2N2. The molecule has 0 aliphatic carbocycles. The van der Waals surface area contributed by atoms with Crippen LogP contribution in [0, 0.1) is 0 Å². The molecule has 0 spiro atoms. The first-order chi connectivity index (χ1) is 10.1. The largest absolute Gasteiger partial charge is 0.268 e. The summed E-state index contributed by atoms with van der Waals surface area (Å²) in [5.41, 5.74) is 3.36. The van der Waals surface area contributed by atoms with Crippen LogP contribution in [-0.2, 0) is 19.4 Å². The van der Waals surface area contributed by atoms with Crippen LogP contribution in [0.5, 0.6) is 0 Å². The number of alkyl halides is 1. The Labute approximate surface area is 144 Å². The maximum atomic E-state index is 6.50. The van der Waals surface area contributed by atoms with E-state index in [0.29, 0.717) is 5.92 Å². The molecule has 114 valence electrons. The fourth-order valence-corrected chi connectivity index (χ4v) is 3.52. The molecule has 0 saturated heterocycles. The second-order valence-electron chi connectivity index (χ2n) is 4.98. The average molecular weight is 390 g/mol. The number of hydrogen-bond donors (Lipinski definition) is 0. The summed E-state index contributed by atoms with van der Waals surface area (Å²) < 4.78 is 2.02. The molecule has 1 aromatic carbocycles. The highest BCUT2D eigenvalue weighted by atomic mass is 79.9. The zero-order valence-electron chi connectivity index (χ0n) is 12.2. The van der Waals surface area contributed by atoms with E-state index in [1.54, 1.807) is 0 Å². The van der Waals surface area contributed by atoms with Gasteiger partial charge in [0.05, 0.1) is 16.4 Å². The quantitative estimate of drug-likeness (QED) is 0.597. The predicted octanol–water partition coefficient (Wildman–Crippen LogP) is 5.49. The number of rotatable bonds is 6. The first-order valence-corrected chi connectivity index (χ1v) is 9.03. The fourth-order valence-electron chi connectivity index (χ4n) is 2.44. The third kappa shape index (κ3) is 3.82. The van der Waals surface area contributed by atoms with Crippen LogP contribution in [0.15, 0.2) is 24.3 Å². The molecule has 0 aliphatic heterocycles. The van der Waals surface area contributed by atoms with Gasteiger partial charge in [-0.2, -0.15) is 5.10 Å². The minimum absolute atomic E-state index is 0.353. The highest BCUT2D eigenvalue weighted by Gasteiger charge is 2.19. The van der Waals surface area contributed by atoms with Crippen molar-refractivity contribution in [3.63, 3.8) is 0 Å². The molecule has 0 N–H and O–H groups in total. The van der Waals surface area contributed by atoms with Crippen molar-refractivity contribution in [2.45, 2.75) is 39.2 Å². The molecule has 0 saturated carbocycles. The molecule has 0 amide bonds. The zero-order chi connectivity index (χ0) is 15.4. The zero-order valence-corrected chi connectivity index (χ0v) is 15.3. The molecule has 1 unspecified atom stereocenters. The van der Waals surface area contributed by atoms with Gasteiger partial charge in [-0.05, 0) is 43.4 Å². The molecule has 1 heterocycles. The van der Waals surface area contributed by atoms with Gasteiger partial charge in [0.1, 0.15) is 0 Å². The first kappa shape index (κ1) is 16.9. The Bertz CT molecular complexity index is 593. The van der Waals surface area contributed by atoms with E-state index in [9.17, 15) is 0 Å². The molecule has 2 nitrogen and oxygen atoms in total. The highest BCUT2D eigenvalue weighted by Crippen LogP contribution is 2.29. The van der Waals surface area contributed by atoms with Crippen molar-refractivity contribution in [2.24, 2.45) is 0 Å². The van der Waals surface area contributed by atoms with E-state index in [1.165, 1.54) is 5.56 Å². The molecule has 2 aromatic rings. The Morgan fingerprint density at radius 1 is 1.19 bits per heavy atom. The Hall–Kier alpha value is -0.510. The number of aryl methyl sites for hydroxylation is 2. The van der Waals surface area contributed by atoms with Crippen LogP contribution in [-0.4, -0.2) is 15.1 Å². The lowest BCUT2D eigenvalue weighted by molar-refractivity contribution is 0.595. The molecule has 5 heteroatoms. The second-order valence-corrected chi connectivity index (χ2v) is 6.45. The molecule has 1 atom stereocenters. The van der Waals surface area contributed by atoms with Crippen molar-refractivity contribution < 1.29 is 0 Å². The first-order valence-electron chi connectivity index (χ1n) is 7.16. The molecule has 0 aliphatic rings. The summed E-state index contributed by atoms with van der Waals surface area (Å²) in [5.74, 6) is 0.353. The summed E-state index contributed by atoms with van der Waals surface area (Å²) in [7, 11) is 0. The third-order valence-electron chi connectivity index (χ3n) is 3.66. The fraction of sp³-hybridized carbons (Fsp3) is 0.438. The van der Waals surface area contributed by atoms with E-state index in [1.807, 2.05) is 16.8 Å². The van der Waals surface area contributed by atoms with Gasteiger partial charge in [0, 0.05) is 16.9 Å². The smallest absolute Gasteiger partial charge is 0.0850 e. The highest BCUT2D eigenvalue weighted by molar-refractivity contribution is 9.09. The Morgan fingerprint density at radius 2 is 1.86 bits per heavy atom. The summed E-state index contributed by atoms with van der Waals surface area (Å²) in [6.45, 7) is 5.02. The summed E-state index contributed by atoms with van der Waals surface area (Å²) in [6.07, 6.45) is 1.73. The van der Waals surface area contributed by atoms with Crippen molar-refractivity contribution in [3.05, 3.63) is 51.3 Å². The van der Waals surface area contributed by atoms with Gasteiger partial charge in [-0.25, -0.2) is 0 Å². The SMILES string of the molecule is CCc1nn(CC)c(CC(CBr)c2ccc(Cl)cc2)c1Cl. The lowest BCUT2D eigenvalue weighted by Crippen LogP contribution is -2.10. The van der Waals surface area contributed by atoms with E-state index < -0.39 is 0 Å². The van der Waals surface area contributed by atoms with Crippen molar-refractivity contribution in [3.8, 4) is 0 Å². The number of aromatic nitrogens is 2. The standard InChI is InChI=1S/C16H19BrCl2N2/c1-3-14-16(19)15(21(4-2)20-14)9-12(10-17)11-5-7-13(18)8-6-11/h5-8,12H,3-4,9-10H2,1-2H3. The van der Waals surface area contributed by atoms with Gasteiger partial charge < -0.3 is 0 Å². The molecule has 2 rings (SSSR count). The Balaban J connectivity index is 2.30. The van der Waals surface area contributed by atoms with Gasteiger partial charge in [-0.1, -0.05) is 58.2 Å². The van der Waals surface area contributed by atoms with Crippen LogP contribution in [0.2, 0.25) is 10.0 Å². The second kappa shape index (κ2) is 7.66. The van der Waals surface area contributed by atoms with E-state index >= 15 is 0 Å². The monoisotopic (exact) mass is 388 g/mol. The Kier molecular flexibility index (Phi) is 6.15. The minimum atomic E-state index is 0.353. The molecular weight excluding hydrogens is 371 g/mol. The van der Waals surface area contributed by atoms with Crippen molar-refractivity contribution in [2.75, 3.05) is 5.33 Å². The van der Waals surface area contributed by atoms with Crippen LogP contribution < -0.4 is 0 Å². The molecule has 21 heavy (non-hydrogen) atoms. The van der Waals surface area contributed by atoms with E-state index in [4.69, 9.17) is 23.2 Å². The maximum Gasteiger partial charge on any atom is 0.0850 e. The Morgan fingerprint density at radius 3 is 2.38 bits per heavy atom. The van der Waals surface area contributed by atoms with Gasteiger partial charge in [0.15, 0.2) is 0 Å². The number of halogens is 3. The van der Waals surface area contributed by atoms with Gasteiger partial charge in [-0.3, -0.25) is 4.68 Å². The van der Waals surface area contributed by atoms with Gasteiger partial charge in [0.2, 0.25) is 0 Å². The van der Waals surface area contributed by atoms with Gasteiger partial charge in [0.25, 0.3) is 0 Å². The van der Waals surface area contributed by atoms with Crippen LogP contribution in [0.4, 0.5) is 0 Å². The lowest BCUT2D eigenvalue weighted by atomic mass is 9.96. The normalized spacial score (nSPS) is 12.6. The van der Waals surface area contributed by atoms with Crippen molar-refractivity contribution >= 4 is 39.1 Å². The number of hydrogen-bond acceptors (Lipinski definition) is 1. The summed E-state index contributed by atoms with van der Waals surface area (Å²) in [4.78, 5) is 0. The summed E-state index contributed by atoms with van der Waals surface area (Å²) >= 11 is 16.1. The van der Waals surface area contributed by atoms with E-state index in [0.717, 1.165) is 46.1 Å². The van der Waals surface area contributed by atoms with E-state index in [2.05, 4.69) is 47.0 Å². The lowest BCUT2D eigenvalue weighted by Gasteiger charge is -2.16. The van der Waals surface area contributed by atoms with Crippen molar-refractivity contribution in [1.82, 2.24) is 9.78 Å². The summed E-state index contributed by atoms with van der Waals surface area (Å²) in [6, 6.07) is 8.02. The number of nitrogens with zero attached hydrogens (tertiary/aromatic N) is 2. The third-order valence-corrected chi connectivity index (χ3v) is 5.13. The van der Waals surface area contributed by atoms with Crippen LogP contribution >= 0.6 is 39.1 Å².